The first kappa shape index (κ1) is 22.6. The van der Waals surface area contributed by atoms with Gasteiger partial charge in [-0.1, -0.05) is 65.8 Å². The van der Waals surface area contributed by atoms with Gasteiger partial charge in [-0.3, -0.25) is 0 Å². The molecule has 158 valence electrons. The second-order valence-corrected chi connectivity index (χ2v) is 10.1. The van der Waals surface area contributed by atoms with Crippen molar-refractivity contribution in [1.29, 1.82) is 0 Å². The molecule has 0 saturated heterocycles. The lowest BCUT2D eigenvalue weighted by molar-refractivity contribution is 0.530. The monoisotopic (exact) mass is 462 g/mol. The van der Waals surface area contributed by atoms with Gasteiger partial charge in [0, 0.05) is 17.8 Å². The molecule has 3 rings (SSSR count). The predicted molar refractivity (Wildman–Crippen MR) is 121 cm³/mol. The molecule has 6 nitrogen and oxygen atoms in total. The molecule has 0 aliphatic carbocycles. The van der Waals surface area contributed by atoms with Crippen molar-refractivity contribution < 1.29 is 8.42 Å². The van der Waals surface area contributed by atoms with Crippen LogP contribution >= 0.6 is 23.4 Å². The van der Waals surface area contributed by atoms with Crippen LogP contribution < -0.4 is 4.72 Å². The van der Waals surface area contributed by atoms with Crippen molar-refractivity contribution in [2.75, 3.05) is 5.75 Å². The van der Waals surface area contributed by atoms with E-state index >= 15 is 0 Å². The summed E-state index contributed by atoms with van der Waals surface area (Å²) in [6.07, 6.45) is 0.435. The fourth-order valence-corrected chi connectivity index (χ4v) is 4.93. The maximum atomic E-state index is 13.0. The van der Waals surface area contributed by atoms with Crippen molar-refractivity contribution in [2.24, 2.45) is 7.05 Å². The molecule has 30 heavy (non-hydrogen) atoms. The Labute approximate surface area is 186 Å². The van der Waals surface area contributed by atoms with Crippen molar-refractivity contribution in [2.45, 2.75) is 29.4 Å². The van der Waals surface area contributed by atoms with E-state index in [2.05, 4.69) is 21.5 Å². The summed E-state index contributed by atoms with van der Waals surface area (Å²) in [5.74, 6) is 1.26. The molecule has 0 fully saturated rings. The Morgan fingerprint density at radius 1 is 1.17 bits per heavy atom. The summed E-state index contributed by atoms with van der Waals surface area (Å²) in [5.41, 5.74) is 2.01. The second kappa shape index (κ2) is 9.78. The molecular formula is C21H23ClN4O2S2. The van der Waals surface area contributed by atoms with Crippen LogP contribution in [-0.2, 0) is 23.5 Å². The topological polar surface area (TPSA) is 76.9 Å². The SMILES string of the molecule is C=C(C)CSc1nnc([C@@H](Cc2ccccc2)NS(=O)(=O)c2ccc(Cl)cc2)n1C. The zero-order valence-corrected chi connectivity index (χ0v) is 19.1. The van der Waals surface area contributed by atoms with E-state index in [1.54, 1.807) is 12.1 Å². The molecule has 0 unspecified atom stereocenters. The summed E-state index contributed by atoms with van der Waals surface area (Å²) in [4.78, 5) is 0.143. The fraction of sp³-hybridized carbons (Fsp3) is 0.238. The quantitative estimate of drug-likeness (QED) is 0.376. The minimum atomic E-state index is -3.79. The molecule has 9 heteroatoms. The third kappa shape index (κ3) is 5.72. The van der Waals surface area contributed by atoms with Crippen LogP contribution in [0.15, 0.2) is 76.8 Å². The van der Waals surface area contributed by atoms with E-state index in [-0.39, 0.29) is 4.90 Å². The Morgan fingerprint density at radius 3 is 2.47 bits per heavy atom. The highest BCUT2D eigenvalue weighted by Crippen LogP contribution is 2.25. The summed E-state index contributed by atoms with van der Waals surface area (Å²) >= 11 is 7.41. The lowest BCUT2D eigenvalue weighted by Gasteiger charge is -2.19. The van der Waals surface area contributed by atoms with Crippen LogP contribution in [0.4, 0.5) is 0 Å². The Bertz CT molecular complexity index is 1110. The van der Waals surface area contributed by atoms with Gasteiger partial charge in [-0.2, -0.15) is 0 Å². The van der Waals surface area contributed by atoms with Gasteiger partial charge in [0.2, 0.25) is 10.0 Å². The smallest absolute Gasteiger partial charge is 0.241 e. The Morgan fingerprint density at radius 2 is 1.83 bits per heavy atom. The molecule has 0 aliphatic rings. The van der Waals surface area contributed by atoms with Gasteiger partial charge < -0.3 is 4.57 Å². The zero-order chi connectivity index (χ0) is 21.7. The molecule has 3 aromatic rings. The predicted octanol–water partition coefficient (Wildman–Crippen LogP) is 4.40. The number of halogens is 1. The zero-order valence-electron chi connectivity index (χ0n) is 16.7. The van der Waals surface area contributed by atoms with Gasteiger partial charge in [-0.15, -0.1) is 10.2 Å². The molecule has 0 amide bonds. The van der Waals surface area contributed by atoms with Crippen LogP contribution in [0, 0.1) is 0 Å². The lowest BCUT2D eigenvalue weighted by Crippen LogP contribution is -2.32. The van der Waals surface area contributed by atoms with E-state index in [1.165, 1.54) is 23.9 Å². The van der Waals surface area contributed by atoms with Gasteiger partial charge in [0.25, 0.3) is 0 Å². The highest BCUT2D eigenvalue weighted by molar-refractivity contribution is 7.99. The average molecular weight is 463 g/mol. The van der Waals surface area contributed by atoms with Gasteiger partial charge in [0.05, 0.1) is 10.9 Å². The fourth-order valence-electron chi connectivity index (χ4n) is 2.85. The number of rotatable bonds is 9. The molecule has 0 bridgehead atoms. The lowest BCUT2D eigenvalue weighted by atomic mass is 10.1. The third-order valence-corrected chi connectivity index (χ3v) is 7.32. The van der Waals surface area contributed by atoms with Crippen molar-refractivity contribution in [3.8, 4) is 0 Å². The molecular weight excluding hydrogens is 440 g/mol. The van der Waals surface area contributed by atoms with Gasteiger partial charge in [-0.25, -0.2) is 13.1 Å². The van der Waals surface area contributed by atoms with Gasteiger partial charge in [0.15, 0.2) is 11.0 Å². The molecule has 1 atom stereocenters. The van der Waals surface area contributed by atoms with Crippen LogP contribution in [0.3, 0.4) is 0 Å². The van der Waals surface area contributed by atoms with E-state index < -0.39 is 16.1 Å². The Balaban J connectivity index is 1.93. The van der Waals surface area contributed by atoms with Crippen molar-refractivity contribution in [3.63, 3.8) is 0 Å². The van der Waals surface area contributed by atoms with Crippen LogP contribution in [0.2, 0.25) is 5.02 Å². The van der Waals surface area contributed by atoms with E-state index in [4.69, 9.17) is 11.6 Å². The van der Waals surface area contributed by atoms with Crippen molar-refractivity contribution >= 4 is 33.4 Å². The van der Waals surface area contributed by atoms with Crippen LogP contribution in [-0.4, -0.2) is 28.9 Å². The average Bonchev–Trinajstić information content (AvgIpc) is 3.07. The summed E-state index contributed by atoms with van der Waals surface area (Å²) in [7, 11) is -1.95. The third-order valence-electron chi connectivity index (χ3n) is 4.33. The number of hydrogen-bond donors (Lipinski definition) is 1. The molecule has 1 heterocycles. The Hall–Kier alpha value is -2.13. The van der Waals surface area contributed by atoms with Crippen molar-refractivity contribution in [1.82, 2.24) is 19.5 Å². The second-order valence-electron chi connectivity index (χ2n) is 6.96. The molecule has 1 N–H and O–H groups in total. The number of benzene rings is 2. The van der Waals surface area contributed by atoms with E-state index in [1.807, 2.05) is 48.9 Å². The van der Waals surface area contributed by atoms with Gasteiger partial charge >= 0.3 is 0 Å². The van der Waals surface area contributed by atoms with Crippen LogP contribution in [0.5, 0.6) is 0 Å². The highest BCUT2D eigenvalue weighted by Gasteiger charge is 2.26. The number of nitrogens with zero attached hydrogens (tertiary/aromatic N) is 3. The first-order valence-electron chi connectivity index (χ1n) is 9.24. The molecule has 0 spiro atoms. The Kier molecular flexibility index (Phi) is 7.36. The molecule has 0 saturated carbocycles. The van der Waals surface area contributed by atoms with Gasteiger partial charge in [0.1, 0.15) is 0 Å². The molecule has 2 aromatic carbocycles. The molecule has 1 aromatic heterocycles. The minimum absolute atomic E-state index is 0.143. The number of hydrogen-bond acceptors (Lipinski definition) is 5. The number of thioether (sulfide) groups is 1. The standard InChI is InChI=1S/C21H23ClN4O2S2/c1-15(2)14-29-21-24-23-20(26(21)3)19(13-16-7-5-4-6-8-16)25-30(27,28)18-11-9-17(22)10-12-18/h4-12,19,25H,1,13-14H2,2-3H3/t19-/m1/s1. The van der Waals surface area contributed by atoms with Gasteiger partial charge in [-0.05, 0) is 43.2 Å². The van der Waals surface area contributed by atoms with E-state index in [9.17, 15) is 8.42 Å². The molecule has 0 aliphatic heterocycles. The maximum absolute atomic E-state index is 13.0. The summed E-state index contributed by atoms with van der Waals surface area (Å²) in [6.45, 7) is 5.85. The van der Waals surface area contributed by atoms with E-state index in [0.29, 0.717) is 28.2 Å². The maximum Gasteiger partial charge on any atom is 0.241 e. The summed E-state index contributed by atoms with van der Waals surface area (Å²) in [5, 5.41) is 9.72. The number of nitrogens with one attached hydrogen (secondary N) is 1. The largest absolute Gasteiger partial charge is 0.308 e. The van der Waals surface area contributed by atoms with Crippen LogP contribution in [0.25, 0.3) is 0 Å². The highest BCUT2D eigenvalue weighted by atomic mass is 35.5. The van der Waals surface area contributed by atoms with Crippen molar-refractivity contribution in [3.05, 3.63) is 83.2 Å². The van der Waals surface area contributed by atoms with Crippen LogP contribution in [0.1, 0.15) is 24.4 Å². The number of aromatic nitrogens is 3. The first-order chi connectivity index (χ1) is 14.3. The number of sulfonamides is 1. The summed E-state index contributed by atoms with van der Waals surface area (Å²) in [6, 6.07) is 15.1. The summed E-state index contributed by atoms with van der Waals surface area (Å²) < 4.78 is 30.7. The van der Waals surface area contributed by atoms with E-state index in [0.717, 1.165) is 11.1 Å². The minimum Gasteiger partial charge on any atom is -0.308 e. The first-order valence-corrected chi connectivity index (χ1v) is 12.1. The normalized spacial score (nSPS) is 12.6. The molecule has 0 radical (unpaired) electrons.